The van der Waals surface area contributed by atoms with E-state index in [9.17, 15) is 4.79 Å². The highest BCUT2D eigenvalue weighted by Gasteiger charge is 2.44. The van der Waals surface area contributed by atoms with Gasteiger partial charge in [0.05, 0.1) is 16.9 Å². The number of hydrogen-bond donors (Lipinski definition) is 0. The third-order valence-electron chi connectivity index (χ3n) is 7.67. The number of nitrogens with zero attached hydrogens (tertiary/aromatic N) is 2. The molecule has 0 radical (unpaired) electrons. The molecule has 4 heterocycles. The molecule has 2 aromatic carbocycles. The Morgan fingerprint density at radius 2 is 1.88 bits per heavy atom. The number of hydrogen-bond acceptors (Lipinski definition) is 3. The van der Waals surface area contributed by atoms with Gasteiger partial charge in [0.1, 0.15) is 5.58 Å². The van der Waals surface area contributed by atoms with Crippen LogP contribution in [0.25, 0.3) is 27.8 Å². The third kappa shape index (κ3) is 3.15. The molecule has 1 unspecified atom stereocenters. The van der Waals surface area contributed by atoms with Crippen molar-refractivity contribution in [2.45, 2.75) is 57.9 Å². The predicted octanol–water partition coefficient (Wildman–Crippen LogP) is 6.81. The zero-order valence-electron chi connectivity index (χ0n) is 19.4. The van der Waals surface area contributed by atoms with E-state index >= 15 is 0 Å². The maximum Gasteiger partial charge on any atom is 0.336 e. The molecule has 0 amide bonds. The second kappa shape index (κ2) is 7.65. The first-order valence-electron chi connectivity index (χ1n) is 12.3. The molecule has 4 nitrogen and oxygen atoms in total. The molecule has 1 atom stereocenters. The molecule has 1 saturated heterocycles. The molecular weight excluding hydrogens is 408 g/mol. The Hall–Kier alpha value is -3.27. The summed E-state index contributed by atoms with van der Waals surface area (Å²) in [6, 6.07) is 19.0. The van der Waals surface area contributed by atoms with Gasteiger partial charge in [-0.2, -0.15) is 0 Å². The van der Waals surface area contributed by atoms with Crippen LogP contribution in [0.5, 0.6) is 0 Å². The summed E-state index contributed by atoms with van der Waals surface area (Å²) in [5, 5.41) is 0.981. The number of aryl methyl sites for hydroxylation is 1. The van der Waals surface area contributed by atoms with Crippen molar-refractivity contribution in [3.63, 3.8) is 0 Å². The number of rotatable bonds is 5. The van der Waals surface area contributed by atoms with Crippen LogP contribution in [0, 0.1) is 0 Å². The summed E-state index contributed by atoms with van der Waals surface area (Å²) in [5.41, 5.74) is 7.33. The highest BCUT2D eigenvalue weighted by Crippen LogP contribution is 2.49. The van der Waals surface area contributed by atoms with Crippen LogP contribution in [0.2, 0.25) is 0 Å². The number of anilines is 1. The van der Waals surface area contributed by atoms with Gasteiger partial charge >= 0.3 is 5.63 Å². The molecule has 0 aliphatic carbocycles. The highest BCUT2D eigenvalue weighted by molar-refractivity contribution is 5.97. The monoisotopic (exact) mass is 438 g/mol. The zero-order chi connectivity index (χ0) is 22.6. The molecular formula is C29H30N2O2. The predicted molar refractivity (Wildman–Crippen MR) is 134 cm³/mol. The molecule has 0 saturated carbocycles. The van der Waals surface area contributed by atoms with Gasteiger partial charge in [0.2, 0.25) is 0 Å². The Labute approximate surface area is 194 Å². The first-order chi connectivity index (χ1) is 16.1. The summed E-state index contributed by atoms with van der Waals surface area (Å²) < 4.78 is 8.06. The molecule has 33 heavy (non-hydrogen) atoms. The summed E-state index contributed by atoms with van der Waals surface area (Å²) in [6.07, 6.45) is 9.25. The maximum absolute atomic E-state index is 12.5. The molecule has 2 aromatic heterocycles. The summed E-state index contributed by atoms with van der Waals surface area (Å²) in [6.45, 7) is 5.58. The van der Waals surface area contributed by atoms with E-state index in [0.717, 1.165) is 53.7 Å². The number of fused-ring (bicyclic) bond motifs is 7. The van der Waals surface area contributed by atoms with Gasteiger partial charge < -0.3 is 13.9 Å². The Balaban J connectivity index is 1.50. The van der Waals surface area contributed by atoms with Crippen LogP contribution in [0.4, 0.5) is 5.69 Å². The Morgan fingerprint density at radius 1 is 1.03 bits per heavy atom. The lowest BCUT2D eigenvalue weighted by atomic mass is 9.91. The minimum atomic E-state index is -0.300. The van der Waals surface area contributed by atoms with Gasteiger partial charge in [-0.1, -0.05) is 44.0 Å². The van der Waals surface area contributed by atoms with E-state index in [1.807, 2.05) is 0 Å². The number of aromatic nitrogens is 1. The smallest absolute Gasteiger partial charge is 0.336 e. The first-order valence-corrected chi connectivity index (χ1v) is 12.3. The van der Waals surface area contributed by atoms with Gasteiger partial charge in [0, 0.05) is 36.0 Å². The lowest BCUT2D eigenvalue weighted by Crippen LogP contribution is -2.43. The topological polar surface area (TPSA) is 38.4 Å². The van der Waals surface area contributed by atoms with Crippen molar-refractivity contribution in [3.8, 4) is 16.8 Å². The van der Waals surface area contributed by atoms with E-state index in [4.69, 9.17) is 4.42 Å². The molecule has 2 aliphatic rings. The zero-order valence-corrected chi connectivity index (χ0v) is 19.4. The molecule has 6 rings (SSSR count). The van der Waals surface area contributed by atoms with Crippen molar-refractivity contribution in [1.29, 1.82) is 0 Å². The minimum absolute atomic E-state index is 0.0182. The first kappa shape index (κ1) is 20.3. The lowest BCUT2D eigenvalue weighted by Gasteiger charge is -2.43. The molecule has 1 fully saturated rings. The fourth-order valence-electron chi connectivity index (χ4n) is 5.91. The number of benzene rings is 2. The van der Waals surface area contributed by atoms with Crippen molar-refractivity contribution in [3.05, 3.63) is 82.5 Å². The van der Waals surface area contributed by atoms with E-state index < -0.39 is 0 Å². The van der Waals surface area contributed by atoms with E-state index in [0.29, 0.717) is 5.58 Å². The van der Waals surface area contributed by atoms with Crippen molar-refractivity contribution in [2.24, 2.45) is 0 Å². The van der Waals surface area contributed by atoms with Gasteiger partial charge in [-0.05, 0) is 67.5 Å². The average molecular weight is 439 g/mol. The Kier molecular flexibility index (Phi) is 4.72. The number of unbranched alkanes of at least 4 members (excludes halogenated alkanes) is 2. The molecule has 0 spiro atoms. The molecule has 0 bridgehead atoms. The maximum atomic E-state index is 12.5. The quantitative estimate of drug-likeness (QED) is 0.254. The lowest BCUT2D eigenvalue weighted by molar-refractivity contribution is 0.457. The van der Waals surface area contributed by atoms with E-state index in [-0.39, 0.29) is 11.2 Å². The van der Waals surface area contributed by atoms with Crippen molar-refractivity contribution >= 4 is 16.7 Å². The molecule has 2 aliphatic heterocycles. The summed E-state index contributed by atoms with van der Waals surface area (Å²) in [4.78, 5) is 15.0. The van der Waals surface area contributed by atoms with E-state index in [1.54, 1.807) is 6.07 Å². The van der Waals surface area contributed by atoms with Crippen molar-refractivity contribution in [2.75, 3.05) is 11.4 Å². The largest absolute Gasteiger partial charge is 0.423 e. The average Bonchev–Trinajstić information content (AvgIpc) is 3.46. The standard InChI is InChI=1S/C29H30N2O2/c1-3-4-5-8-20-10-12-21(13-11-20)22-18-28(32)33-26-19-25-24(17-23(22)26)30-15-6-9-27(30)29(2)14-7-16-31(25)29/h6,9-13,15,17-19H,3-5,7-8,14,16H2,1-2H3. The minimum Gasteiger partial charge on any atom is -0.423 e. The van der Waals surface area contributed by atoms with Crippen LogP contribution < -0.4 is 10.5 Å². The van der Waals surface area contributed by atoms with Gasteiger partial charge in [-0.3, -0.25) is 0 Å². The molecule has 0 N–H and O–H groups in total. The molecule has 4 heteroatoms. The van der Waals surface area contributed by atoms with Crippen LogP contribution in [-0.4, -0.2) is 11.1 Å². The van der Waals surface area contributed by atoms with Crippen molar-refractivity contribution in [1.82, 2.24) is 4.57 Å². The van der Waals surface area contributed by atoms with Gasteiger partial charge in [0.25, 0.3) is 0 Å². The Morgan fingerprint density at radius 3 is 2.70 bits per heavy atom. The summed E-state index contributed by atoms with van der Waals surface area (Å²) in [7, 11) is 0. The second-order valence-electron chi connectivity index (χ2n) is 9.76. The fraction of sp³-hybridized carbons (Fsp3) is 0.345. The van der Waals surface area contributed by atoms with E-state index in [2.05, 4.69) is 78.0 Å². The van der Waals surface area contributed by atoms with Gasteiger partial charge in [-0.25, -0.2) is 4.79 Å². The highest BCUT2D eigenvalue weighted by atomic mass is 16.4. The Bertz CT molecular complexity index is 1400. The summed E-state index contributed by atoms with van der Waals surface area (Å²) in [5.74, 6) is 0. The van der Waals surface area contributed by atoms with Gasteiger partial charge in [-0.15, -0.1) is 0 Å². The van der Waals surface area contributed by atoms with Crippen LogP contribution in [-0.2, 0) is 12.0 Å². The van der Waals surface area contributed by atoms with Crippen LogP contribution >= 0.6 is 0 Å². The molecule has 4 aromatic rings. The normalized spacial score (nSPS) is 18.9. The van der Waals surface area contributed by atoms with Crippen LogP contribution in [0.15, 0.2) is 70.0 Å². The second-order valence-corrected chi connectivity index (χ2v) is 9.76. The SMILES string of the molecule is CCCCCc1ccc(-c2cc(=O)oc3cc4c(cc23)-n2cccc2C2(C)CCCN42)cc1. The van der Waals surface area contributed by atoms with Gasteiger partial charge in [0.15, 0.2) is 0 Å². The van der Waals surface area contributed by atoms with E-state index in [1.165, 1.54) is 30.5 Å². The van der Waals surface area contributed by atoms with Crippen LogP contribution in [0.1, 0.15) is 57.2 Å². The molecule has 168 valence electrons. The van der Waals surface area contributed by atoms with Crippen molar-refractivity contribution < 1.29 is 4.42 Å². The fourth-order valence-corrected chi connectivity index (χ4v) is 5.91. The third-order valence-corrected chi connectivity index (χ3v) is 7.67. The van der Waals surface area contributed by atoms with Crippen LogP contribution in [0.3, 0.4) is 0 Å². The summed E-state index contributed by atoms with van der Waals surface area (Å²) >= 11 is 0.